The molecule has 0 aliphatic carbocycles. The molecular formula is C17H21N7O4S. The minimum Gasteiger partial charge on any atom is -0.376 e. The van der Waals surface area contributed by atoms with Gasteiger partial charge in [-0.05, 0) is 13.0 Å². The van der Waals surface area contributed by atoms with Crippen LogP contribution in [0.5, 0.6) is 0 Å². The summed E-state index contributed by atoms with van der Waals surface area (Å²) >= 11 is 0. The van der Waals surface area contributed by atoms with Gasteiger partial charge in [0.2, 0.25) is 15.9 Å². The molecule has 0 atom stereocenters. The Balaban J connectivity index is 1.71. The maximum Gasteiger partial charge on any atom is 0.219 e. The van der Waals surface area contributed by atoms with Crippen LogP contribution >= 0.6 is 0 Å². The van der Waals surface area contributed by atoms with Gasteiger partial charge in [0.15, 0.2) is 0 Å². The number of fused-ring (bicyclic) bond motifs is 1. The molecule has 11 nitrogen and oxygen atoms in total. The average Bonchev–Trinajstić information content (AvgIpc) is 3.30. The highest BCUT2D eigenvalue weighted by Crippen LogP contribution is 2.36. The third-order valence-corrected chi connectivity index (χ3v) is 7.03. The Kier molecular flexibility index (Phi) is 4.63. The summed E-state index contributed by atoms with van der Waals surface area (Å²) in [5.74, 6) is -0.537. The van der Waals surface area contributed by atoms with Gasteiger partial charge in [0.05, 0.1) is 29.6 Å². The zero-order chi connectivity index (χ0) is 20.8. The fourth-order valence-corrected chi connectivity index (χ4v) is 4.94. The van der Waals surface area contributed by atoms with Gasteiger partial charge in [-0.3, -0.25) is 9.48 Å². The number of hydrogen-bond acceptors (Lipinski definition) is 7. The van der Waals surface area contributed by atoms with Crippen molar-refractivity contribution in [2.75, 3.05) is 18.8 Å². The first kappa shape index (κ1) is 19.5. The van der Waals surface area contributed by atoms with E-state index in [2.05, 4.69) is 15.1 Å². The molecule has 12 heteroatoms. The summed E-state index contributed by atoms with van der Waals surface area (Å²) in [6.07, 6.45) is 6.43. The van der Waals surface area contributed by atoms with Crippen molar-refractivity contribution in [2.24, 2.45) is 5.73 Å². The lowest BCUT2D eigenvalue weighted by molar-refractivity contribution is -0.122. The van der Waals surface area contributed by atoms with Crippen LogP contribution in [-0.2, 0) is 27.1 Å². The number of carbonyl (C=O) groups excluding carboxylic acids is 1. The number of aliphatic hydroxyl groups is 1. The molecule has 1 saturated heterocycles. The Bertz CT molecular complexity index is 1180. The molecule has 154 valence electrons. The third kappa shape index (κ3) is 3.18. The molecule has 1 aliphatic rings. The molecule has 4 heterocycles. The first-order valence-electron chi connectivity index (χ1n) is 9.02. The Morgan fingerprint density at radius 1 is 1.34 bits per heavy atom. The van der Waals surface area contributed by atoms with Crippen LogP contribution in [0.15, 0.2) is 31.0 Å². The van der Waals surface area contributed by atoms with Crippen LogP contribution < -0.4 is 5.73 Å². The molecule has 0 aromatic carbocycles. The maximum atomic E-state index is 12.1. The van der Waals surface area contributed by atoms with Gasteiger partial charge >= 0.3 is 0 Å². The maximum absolute atomic E-state index is 12.1. The molecule has 3 N–H and O–H groups in total. The number of carbonyl (C=O) groups is 1. The lowest BCUT2D eigenvalue weighted by Crippen LogP contribution is -2.65. The number of nitrogens with zero attached hydrogens (tertiary/aromatic N) is 6. The van der Waals surface area contributed by atoms with E-state index < -0.39 is 21.5 Å². The number of aliphatic hydroxyl groups excluding tert-OH is 1. The van der Waals surface area contributed by atoms with E-state index in [0.29, 0.717) is 16.9 Å². The number of aromatic nitrogens is 5. The number of nitrogens with two attached hydrogens (primary N) is 1. The fourth-order valence-electron chi connectivity index (χ4n) is 3.70. The molecule has 29 heavy (non-hydrogen) atoms. The molecule has 1 fully saturated rings. The highest BCUT2D eigenvalue weighted by Gasteiger charge is 2.50. The zero-order valence-corrected chi connectivity index (χ0v) is 16.6. The summed E-state index contributed by atoms with van der Waals surface area (Å²) in [4.78, 5) is 20.2. The van der Waals surface area contributed by atoms with E-state index in [1.165, 1.54) is 10.6 Å². The molecule has 1 aliphatic heterocycles. The van der Waals surface area contributed by atoms with Crippen molar-refractivity contribution < 1.29 is 18.3 Å². The van der Waals surface area contributed by atoms with E-state index in [1.807, 2.05) is 0 Å². The summed E-state index contributed by atoms with van der Waals surface area (Å²) < 4.78 is 28.8. The molecule has 3 aromatic heterocycles. The van der Waals surface area contributed by atoms with Gasteiger partial charge in [-0.1, -0.05) is 0 Å². The Morgan fingerprint density at radius 3 is 2.76 bits per heavy atom. The van der Waals surface area contributed by atoms with Gasteiger partial charge in [0.1, 0.15) is 18.7 Å². The van der Waals surface area contributed by atoms with Gasteiger partial charge in [0.25, 0.3) is 0 Å². The van der Waals surface area contributed by atoms with Crippen molar-refractivity contribution in [1.29, 1.82) is 0 Å². The molecular weight excluding hydrogens is 398 g/mol. The summed E-state index contributed by atoms with van der Waals surface area (Å²) in [6.45, 7) is 1.64. The fraction of sp³-hybridized carbons (Fsp3) is 0.412. The molecule has 0 unspecified atom stereocenters. The predicted octanol–water partition coefficient (Wildman–Crippen LogP) is -0.519. The van der Waals surface area contributed by atoms with Crippen LogP contribution in [0, 0.1) is 0 Å². The lowest BCUT2D eigenvalue weighted by Gasteiger charge is -2.48. The second kappa shape index (κ2) is 6.90. The number of primary amides is 1. The Morgan fingerprint density at radius 2 is 2.10 bits per heavy atom. The molecule has 0 bridgehead atoms. The third-order valence-electron chi connectivity index (χ3n) is 5.25. The Labute approximate surface area is 166 Å². The van der Waals surface area contributed by atoms with Crippen LogP contribution in [0.25, 0.3) is 22.3 Å². The van der Waals surface area contributed by atoms with Gasteiger partial charge in [-0.15, -0.1) is 0 Å². The second-order valence-corrected chi connectivity index (χ2v) is 9.35. The zero-order valence-electron chi connectivity index (χ0n) is 15.8. The van der Waals surface area contributed by atoms with Gasteiger partial charge in [-0.25, -0.2) is 18.4 Å². The topological polar surface area (TPSA) is 149 Å². The van der Waals surface area contributed by atoms with E-state index in [0.717, 1.165) is 5.39 Å². The molecule has 1 amide bonds. The SMILES string of the molecule is CCS(=O)(=O)N1CC(CC(N)=O)(n2cc(-c3ncnc4c3ccn4CO)cn2)C1. The van der Waals surface area contributed by atoms with Crippen molar-refractivity contribution in [1.82, 2.24) is 28.6 Å². The van der Waals surface area contributed by atoms with E-state index in [1.54, 1.807) is 40.8 Å². The van der Waals surface area contributed by atoms with Gasteiger partial charge in [-0.2, -0.15) is 9.40 Å². The van der Waals surface area contributed by atoms with Crippen molar-refractivity contribution in [3.63, 3.8) is 0 Å². The largest absolute Gasteiger partial charge is 0.376 e. The first-order valence-corrected chi connectivity index (χ1v) is 10.6. The number of amides is 1. The summed E-state index contributed by atoms with van der Waals surface area (Å²) in [5, 5.41) is 14.6. The van der Waals surface area contributed by atoms with E-state index in [9.17, 15) is 18.3 Å². The van der Waals surface area contributed by atoms with E-state index >= 15 is 0 Å². The van der Waals surface area contributed by atoms with Crippen molar-refractivity contribution in [3.05, 3.63) is 31.0 Å². The van der Waals surface area contributed by atoms with Crippen molar-refractivity contribution in [2.45, 2.75) is 25.6 Å². The summed E-state index contributed by atoms with van der Waals surface area (Å²) in [5.41, 5.74) is 6.50. The smallest absolute Gasteiger partial charge is 0.219 e. The molecule has 3 aromatic rings. The number of rotatable bonds is 7. The summed E-state index contributed by atoms with van der Waals surface area (Å²) in [7, 11) is -3.36. The van der Waals surface area contributed by atoms with E-state index in [4.69, 9.17) is 5.73 Å². The monoisotopic (exact) mass is 419 g/mol. The Hall–Kier alpha value is -2.83. The molecule has 0 spiro atoms. The predicted molar refractivity (Wildman–Crippen MR) is 104 cm³/mol. The van der Waals surface area contributed by atoms with Crippen LogP contribution in [0.2, 0.25) is 0 Å². The van der Waals surface area contributed by atoms with Crippen molar-refractivity contribution in [3.8, 4) is 11.3 Å². The highest BCUT2D eigenvalue weighted by atomic mass is 32.2. The second-order valence-electron chi connectivity index (χ2n) is 7.10. The van der Waals surface area contributed by atoms with Crippen LogP contribution in [0.1, 0.15) is 13.3 Å². The minimum absolute atomic E-state index is 0.00915. The quantitative estimate of drug-likeness (QED) is 0.523. The van der Waals surface area contributed by atoms with E-state index in [-0.39, 0.29) is 32.0 Å². The van der Waals surface area contributed by atoms with Crippen LogP contribution in [0.3, 0.4) is 0 Å². The normalized spacial score (nSPS) is 16.8. The molecule has 0 radical (unpaired) electrons. The van der Waals surface area contributed by atoms with Gasteiger partial charge in [0, 0.05) is 36.4 Å². The minimum atomic E-state index is -3.36. The van der Waals surface area contributed by atoms with Crippen LogP contribution in [0.4, 0.5) is 0 Å². The summed E-state index contributed by atoms with van der Waals surface area (Å²) in [6, 6.07) is 1.80. The number of sulfonamides is 1. The molecule has 0 saturated carbocycles. The first-order chi connectivity index (χ1) is 13.8. The molecule has 4 rings (SSSR count). The number of hydrogen-bond donors (Lipinski definition) is 2. The van der Waals surface area contributed by atoms with Gasteiger partial charge < -0.3 is 15.4 Å². The van der Waals surface area contributed by atoms with Crippen LogP contribution in [-0.4, -0.2) is 66.9 Å². The standard InChI is InChI=1S/C17H21N7O4S/c1-2-29(27,28)23-8-17(9-23,5-14(18)26)24-7-12(6-21-24)15-13-3-4-22(11-25)16(13)20-10-19-15/h3-4,6-7,10,25H,2,5,8-9,11H2,1H3,(H2,18,26). The van der Waals surface area contributed by atoms with Crippen molar-refractivity contribution >= 4 is 27.0 Å². The average molecular weight is 419 g/mol. The lowest BCUT2D eigenvalue weighted by atomic mass is 9.88. The highest BCUT2D eigenvalue weighted by molar-refractivity contribution is 7.89.